The second-order valence-corrected chi connectivity index (χ2v) is 9.78. The molecule has 160 valence electrons. The number of nitrogens with zero attached hydrogens (tertiary/aromatic N) is 4. The lowest BCUT2D eigenvalue weighted by Crippen LogP contribution is -2.41. The molecule has 2 saturated heterocycles. The fourth-order valence-electron chi connectivity index (χ4n) is 4.07. The van der Waals surface area contributed by atoms with Gasteiger partial charge in [-0.1, -0.05) is 20.8 Å². The minimum Gasteiger partial charge on any atom is -0.357 e. The van der Waals surface area contributed by atoms with Gasteiger partial charge in [0.25, 0.3) is 0 Å². The van der Waals surface area contributed by atoms with Gasteiger partial charge in [-0.2, -0.15) is 0 Å². The number of aliphatic imine (C=N–C) groups is 1. The van der Waals surface area contributed by atoms with Crippen molar-refractivity contribution in [1.29, 1.82) is 0 Å². The van der Waals surface area contributed by atoms with Crippen LogP contribution in [0.5, 0.6) is 0 Å². The Hall–Kier alpha value is -0.410. The van der Waals surface area contributed by atoms with Gasteiger partial charge in [-0.05, 0) is 57.0 Å². The van der Waals surface area contributed by atoms with E-state index in [1.807, 2.05) is 0 Å². The molecule has 0 spiro atoms. The Bertz CT molecular complexity index is 622. The average molecular weight is 520 g/mol. The molecule has 7 heteroatoms. The van der Waals surface area contributed by atoms with Gasteiger partial charge >= 0.3 is 0 Å². The van der Waals surface area contributed by atoms with E-state index in [1.165, 1.54) is 43.1 Å². The lowest BCUT2D eigenvalue weighted by Gasteiger charge is -2.31. The summed E-state index contributed by atoms with van der Waals surface area (Å²) in [5.41, 5.74) is 1.66. The first-order valence-corrected chi connectivity index (χ1v) is 11.6. The summed E-state index contributed by atoms with van der Waals surface area (Å²) in [6.07, 6.45) is 4.80. The highest BCUT2D eigenvalue weighted by atomic mass is 127. The zero-order valence-electron chi connectivity index (χ0n) is 18.0. The van der Waals surface area contributed by atoms with E-state index in [2.05, 4.69) is 48.2 Å². The molecular formula is C21H38IN5S. The lowest BCUT2D eigenvalue weighted by atomic mass is 9.93. The molecule has 28 heavy (non-hydrogen) atoms. The summed E-state index contributed by atoms with van der Waals surface area (Å²) in [6, 6.07) is 0. The number of aromatic nitrogens is 1. The van der Waals surface area contributed by atoms with Crippen molar-refractivity contribution in [3.63, 3.8) is 0 Å². The van der Waals surface area contributed by atoms with E-state index in [4.69, 9.17) is 9.98 Å². The maximum Gasteiger partial charge on any atom is 0.193 e. The van der Waals surface area contributed by atoms with E-state index in [1.54, 1.807) is 11.3 Å². The molecule has 0 aromatic carbocycles. The maximum atomic E-state index is 5.01. The van der Waals surface area contributed by atoms with Gasteiger partial charge in [0, 0.05) is 38.1 Å². The van der Waals surface area contributed by atoms with Crippen LogP contribution in [-0.2, 0) is 13.0 Å². The number of nitrogens with one attached hydrogen (secondary N) is 1. The number of hydrogen-bond donors (Lipinski definition) is 1. The SMILES string of the molecule is CCNC(=NCC1CCN(Cc2csc(CC)n2)CC1)N1CCC(C)(C)C1.I. The number of guanidine groups is 1. The van der Waals surface area contributed by atoms with Crippen LogP contribution in [0.3, 0.4) is 0 Å². The van der Waals surface area contributed by atoms with E-state index in [-0.39, 0.29) is 24.0 Å². The number of thiazole rings is 1. The van der Waals surface area contributed by atoms with Crippen molar-refractivity contribution in [2.24, 2.45) is 16.3 Å². The van der Waals surface area contributed by atoms with Crippen molar-refractivity contribution < 1.29 is 0 Å². The average Bonchev–Trinajstić information content (AvgIpc) is 3.25. The first-order valence-electron chi connectivity index (χ1n) is 10.7. The summed E-state index contributed by atoms with van der Waals surface area (Å²) in [5, 5.41) is 7.00. The standard InChI is InChI=1S/C21H37N5S.HI/c1-5-19-24-18(15-27-19)14-25-10-7-17(8-11-25)13-23-20(22-6-2)26-12-9-21(3,4)16-26;/h15,17H,5-14,16H2,1-4H3,(H,22,23);1H. The molecule has 1 aromatic rings. The molecule has 0 atom stereocenters. The van der Waals surface area contributed by atoms with Crippen LogP contribution in [0.4, 0.5) is 0 Å². The number of rotatable bonds is 6. The molecular weight excluding hydrogens is 481 g/mol. The molecule has 0 radical (unpaired) electrons. The minimum absolute atomic E-state index is 0. The Balaban J connectivity index is 0.00000280. The highest BCUT2D eigenvalue weighted by Crippen LogP contribution is 2.29. The Labute approximate surface area is 192 Å². The van der Waals surface area contributed by atoms with Crippen LogP contribution in [0.25, 0.3) is 0 Å². The van der Waals surface area contributed by atoms with Crippen LogP contribution in [-0.4, -0.2) is 60.0 Å². The normalized spacial score (nSPS) is 21.0. The summed E-state index contributed by atoms with van der Waals surface area (Å²) in [5.74, 6) is 1.84. The molecule has 2 aliphatic heterocycles. The zero-order chi connectivity index (χ0) is 19.3. The number of piperidine rings is 1. The van der Waals surface area contributed by atoms with Gasteiger partial charge in [0.2, 0.25) is 0 Å². The first kappa shape index (κ1) is 23.9. The van der Waals surface area contributed by atoms with Crippen molar-refractivity contribution in [2.75, 3.05) is 39.3 Å². The fourth-order valence-corrected chi connectivity index (χ4v) is 4.81. The molecule has 1 N–H and O–H groups in total. The molecule has 5 nitrogen and oxygen atoms in total. The maximum absolute atomic E-state index is 5.01. The van der Waals surface area contributed by atoms with E-state index < -0.39 is 0 Å². The molecule has 0 unspecified atom stereocenters. The predicted octanol–water partition coefficient (Wildman–Crippen LogP) is 4.23. The van der Waals surface area contributed by atoms with Crippen molar-refractivity contribution in [1.82, 2.24) is 20.1 Å². The number of hydrogen-bond acceptors (Lipinski definition) is 4. The number of aryl methyl sites for hydroxylation is 1. The van der Waals surface area contributed by atoms with Gasteiger partial charge in [-0.15, -0.1) is 35.3 Å². The van der Waals surface area contributed by atoms with E-state index >= 15 is 0 Å². The third-order valence-electron chi connectivity index (χ3n) is 5.81. The summed E-state index contributed by atoms with van der Waals surface area (Å²) < 4.78 is 0. The highest BCUT2D eigenvalue weighted by molar-refractivity contribution is 14.0. The van der Waals surface area contributed by atoms with Crippen molar-refractivity contribution in [2.45, 2.75) is 59.9 Å². The summed E-state index contributed by atoms with van der Waals surface area (Å²) >= 11 is 1.80. The molecule has 3 rings (SSSR count). The monoisotopic (exact) mass is 519 g/mol. The van der Waals surface area contributed by atoms with Gasteiger partial charge in [-0.3, -0.25) is 9.89 Å². The van der Waals surface area contributed by atoms with Gasteiger partial charge in [0.15, 0.2) is 5.96 Å². The van der Waals surface area contributed by atoms with Crippen LogP contribution in [0, 0.1) is 11.3 Å². The van der Waals surface area contributed by atoms with Crippen LogP contribution in [0.1, 0.15) is 57.7 Å². The van der Waals surface area contributed by atoms with Crippen LogP contribution >= 0.6 is 35.3 Å². The molecule has 0 amide bonds. The second-order valence-electron chi connectivity index (χ2n) is 8.84. The Morgan fingerprint density at radius 1 is 1.29 bits per heavy atom. The van der Waals surface area contributed by atoms with Crippen molar-refractivity contribution >= 4 is 41.3 Å². The van der Waals surface area contributed by atoms with Gasteiger partial charge in [0.05, 0.1) is 10.7 Å². The molecule has 0 bridgehead atoms. The second kappa shape index (κ2) is 11.1. The predicted molar refractivity (Wildman–Crippen MR) is 131 cm³/mol. The lowest BCUT2D eigenvalue weighted by molar-refractivity contribution is 0.179. The van der Waals surface area contributed by atoms with Crippen LogP contribution in [0.2, 0.25) is 0 Å². The van der Waals surface area contributed by atoms with E-state index in [9.17, 15) is 0 Å². The molecule has 0 aliphatic carbocycles. The van der Waals surface area contributed by atoms with Crippen molar-refractivity contribution in [3.05, 3.63) is 16.1 Å². The van der Waals surface area contributed by atoms with Crippen LogP contribution in [0.15, 0.2) is 10.4 Å². The minimum atomic E-state index is 0. The molecule has 0 saturated carbocycles. The largest absolute Gasteiger partial charge is 0.357 e. The smallest absolute Gasteiger partial charge is 0.193 e. The number of likely N-dealkylation sites (tertiary alicyclic amines) is 2. The van der Waals surface area contributed by atoms with Gasteiger partial charge in [-0.25, -0.2) is 4.98 Å². The highest BCUT2D eigenvalue weighted by Gasteiger charge is 2.31. The Morgan fingerprint density at radius 2 is 2.04 bits per heavy atom. The topological polar surface area (TPSA) is 43.8 Å². The van der Waals surface area contributed by atoms with Crippen molar-refractivity contribution in [3.8, 4) is 0 Å². The molecule has 2 fully saturated rings. The van der Waals surface area contributed by atoms with E-state index in [0.717, 1.165) is 45.1 Å². The van der Waals surface area contributed by atoms with Gasteiger partial charge in [0.1, 0.15) is 0 Å². The Morgan fingerprint density at radius 3 is 2.61 bits per heavy atom. The zero-order valence-corrected chi connectivity index (χ0v) is 21.2. The van der Waals surface area contributed by atoms with Gasteiger partial charge < -0.3 is 10.2 Å². The third kappa shape index (κ3) is 6.83. The Kier molecular flexibility index (Phi) is 9.47. The molecule has 2 aliphatic rings. The van der Waals surface area contributed by atoms with E-state index in [0.29, 0.717) is 11.3 Å². The third-order valence-corrected chi connectivity index (χ3v) is 6.85. The van der Waals surface area contributed by atoms with Crippen LogP contribution < -0.4 is 5.32 Å². The fraction of sp³-hybridized carbons (Fsp3) is 0.810. The quantitative estimate of drug-likeness (QED) is 0.347. The summed E-state index contributed by atoms with van der Waals surface area (Å²) in [7, 11) is 0. The first-order chi connectivity index (χ1) is 13.0. The number of halogens is 1. The summed E-state index contributed by atoms with van der Waals surface area (Å²) in [6.45, 7) is 16.6. The summed E-state index contributed by atoms with van der Waals surface area (Å²) in [4.78, 5) is 14.7. The molecule has 1 aromatic heterocycles. The molecule has 3 heterocycles.